The highest BCUT2D eigenvalue weighted by atomic mass is 16.5. The van der Waals surface area contributed by atoms with Crippen LogP contribution in [0.25, 0.3) is 22.5 Å². The summed E-state index contributed by atoms with van der Waals surface area (Å²) in [6.07, 6.45) is 18.9. The van der Waals surface area contributed by atoms with Gasteiger partial charge in [-0.15, -0.1) is 0 Å². The summed E-state index contributed by atoms with van der Waals surface area (Å²) >= 11 is 0. The zero-order valence-corrected chi connectivity index (χ0v) is 23.8. The van der Waals surface area contributed by atoms with Gasteiger partial charge in [-0.3, -0.25) is 4.79 Å². The van der Waals surface area contributed by atoms with Gasteiger partial charge in [0.1, 0.15) is 5.75 Å². The first-order valence-electron chi connectivity index (χ1n) is 14.8. The van der Waals surface area contributed by atoms with Crippen LogP contribution >= 0.6 is 0 Å². The number of benzene rings is 2. The fourth-order valence-corrected chi connectivity index (χ4v) is 4.76. The summed E-state index contributed by atoms with van der Waals surface area (Å²) in [6, 6.07) is 16.2. The van der Waals surface area contributed by atoms with Gasteiger partial charge in [0.25, 0.3) is 0 Å². The number of rotatable bonds is 17. The first kappa shape index (κ1) is 29.5. The quantitative estimate of drug-likeness (QED) is 0.102. The molecule has 0 spiro atoms. The Bertz CT molecular complexity index is 1060. The molecule has 2 aromatic carbocycles. The molecule has 0 aliphatic carbocycles. The normalized spacial score (nSPS) is 11.9. The standard InChI is InChI=1S/C34H46N2O2/c1-4-6-8-9-11-15-28-17-19-30(20-18-28)34-35-25-31(26-36-34)29-21-23-32(24-22-29)38-33(37)16-12-14-27(3)13-10-7-5-2/h17-27H,4-16H2,1-3H3. The molecule has 1 aromatic heterocycles. The van der Waals surface area contributed by atoms with Gasteiger partial charge in [0.05, 0.1) is 0 Å². The van der Waals surface area contributed by atoms with E-state index in [0.29, 0.717) is 18.1 Å². The fourth-order valence-electron chi connectivity index (χ4n) is 4.76. The van der Waals surface area contributed by atoms with Crippen LogP contribution in [0.15, 0.2) is 60.9 Å². The number of hydrogen-bond acceptors (Lipinski definition) is 4. The van der Waals surface area contributed by atoms with E-state index in [4.69, 9.17) is 4.74 Å². The molecule has 0 amide bonds. The third-order valence-corrected chi connectivity index (χ3v) is 7.23. The van der Waals surface area contributed by atoms with Crippen molar-refractivity contribution in [1.82, 2.24) is 9.97 Å². The van der Waals surface area contributed by atoms with Crippen molar-refractivity contribution in [2.75, 3.05) is 0 Å². The summed E-state index contributed by atoms with van der Waals surface area (Å²) in [5.41, 5.74) is 4.34. The molecule has 38 heavy (non-hydrogen) atoms. The molecule has 204 valence electrons. The lowest BCUT2D eigenvalue weighted by Gasteiger charge is -2.10. The topological polar surface area (TPSA) is 52.1 Å². The van der Waals surface area contributed by atoms with E-state index in [1.54, 1.807) is 0 Å². The Morgan fingerprint density at radius 3 is 2.00 bits per heavy atom. The van der Waals surface area contributed by atoms with E-state index >= 15 is 0 Å². The molecule has 3 rings (SSSR count). The lowest BCUT2D eigenvalue weighted by atomic mass is 9.97. The van der Waals surface area contributed by atoms with E-state index in [1.165, 1.54) is 63.4 Å². The maximum absolute atomic E-state index is 12.2. The van der Waals surface area contributed by atoms with Crippen LogP contribution in [0.1, 0.15) is 103 Å². The third-order valence-electron chi connectivity index (χ3n) is 7.23. The number of hydrogen-bond donors (Lipinski definition) is 0. The molecule has 0 saturated heterocycles. The second-order valence-corrected chi connectivity index (χ2v) is 10.6. The summed E-state index contributed by atoms with van der Waals surface area (Å²) in [5, 5.41) is 0. The van der Waals surface area contributed by atoms with Crippen LogP contribution in [0.5, 0.6) is 5.75 Å². The van der Waals surface area contributed by atoms with Crippen molar-refractivity contribution in [3.8, 4) is 28.3 Å². The Morgan fingerprint density at radius 2 is 1.32 bits per heavy atom. The smallest absolute Gasteiger partial charge is 0.311 e. The number of carbonyl (C=O) groups excluding carboxylic acids is 1. The van der Waals surface area contributed by atoms with E-state index in [-0.39, 0.29) is 5.97 Å². The lowest BCUT2D eigenvalue weighted by molar-refractivity contribution is -0.134. The Morgan fingerprint density at radius 1 is 0.711 bits per heavy atom. The number of carbonyl (C=O) groups is 1. The molecule has 0 radical (unpaired) electrons. The van der Waals surface area contributed by atoms with Gasteiger partial charge in [-0.1, -0.05) is 115 Å². The van der Waals surface area contributed by atoms with E-state index < -0.39 is 0 Å². The van der Waals surface area contributed by atoms with Crippen LogP contribution in [-0.4, -0.2) is 15.9 Å². The van der Waals surface area contributed by atoms with Gasteiger partial charge in [-0.25, -0.2) is 9.97 Å². The molecule has 0 fully saturated rings. The van der Waals surface area contributed by atoms with E-state index in [2.05, 4.69) is 55.0 Å². The average molecular weight is 515 g/mol. The third kappa shape index (κ3) is 10.4. The Labute approximate surface area is 230 Å². The zero-order valence-electron chi connectivity index (χ0n) is 23.8. The molecule has 0 aliphatic rings. The van der Waals surface area contributed by atoms with Crippen LogP contribution in [0.4, 0.5) is 0 Å². The lowest BCUT2D eigenvalue weighted by Crippen LogP contribution is -2.08. The first-order chi connectivity index (χ1) is 18.6. The summed E-state index contributed by atoms with van der Waals surface area (Å²) in [7, 11) is 0. The molecule has 4 nitrogen and oxygen atoms in total. The molecule has 1 atom stereocenters. The van der Waals surface area contributed by atoms with Crippen molar-refractivity contribution in [2.24, 2.45) is 5.92 Å². The summed E-state index contributed by atoms with van der Waals surface area (Å²) in [4.78, 5) is 21.4. The molecule has 0 bridgehead atoms. The molecule has 4 heteroatoms. The van der Waals surface area contributed by atoms with Crippen LogP contribution < -0.4 is 4.74 Å². The summed E-state index contributed by atoms with van der Waals surface area (Å²) in [6.45, 7) is 6.76. The highest BCUT2D eigenvalue weighted by Gasteiger charge is 2.09. The minimum atomic E-state index is -0.159. The number of unbranched alkanes of at least 4 members (excludes halogenated alkanes) is 6. The van der Waals surface area contributed by atoms with Gasteiger partial charge < -0.3 is 4.74 Å². The maximum atomic E-state index is 12.2. The minimum Gasteiger partial charge on any atom is -0.427 e. The van der Waals surface area contributed by atoms with Crippen LogP contribution in [0, 0.1) is 5.92 Å². The number of aromatic nitrogens is 2. The Balaban J connectivity index is 1.45. The van der Waals surface area contributed by atoms with Crippen LogP contribution in [-0.2, 0) is 11.2 Å². The highest BCUT2D eigenvalue weighted by molar-refractivity contribution is 5.73. The van der Waals surface area contributed by atoms with Crippen LogP contribution in [0.3, 0.4) is 0 Å². The fraction of sp³-hybridized carbons (Fsp3) is 0.500. The molecule has 0 N–H and O–H groups in total. The van der Waals surface area contributed by atoms with Crippen LogP contribution in [0.2, 0.25) is 0 Å². The predicted octanol–water partition coefficient (Wildman–Crippen LogP) is 9.62. The van der Waals surface area contributed by atoms with Crippen molar-refractivity contribution in [3.05, 3.63) is 66.5 Å². The van der Waals surface area contributed by atoms with Gasteiger partial charge >= 0.3 is 5.97 Å². The van der Waals surface area contributed by atoms with Crippen molar-refractivity contribution in [1.29, 1.82) is 0 Å². The molecular weight excluding hydrogens is 468 g/mol. The SMILES string of the molecule is CCCCCCCc1ccc(-c2ncc(-c3ccc(OC(=O)CCCC(C)CCCCC)cc3)cn2)cc1. The van der Waals surface area contributed by atoms with Gasteiger partial charge in [0.2, 0.25) is 0 Å². The van der Waals surface area contributed by atoms with E-state index in [0.717, 1.165) is 41.8 Å². The molecule has 3 aromatic rings. The predicted molar refractivity (Wildman–Crippen MR) is 158 cm³/mol. The van der Waals surface area contributed by atoms with Gasteiger partial charge in [-0.2, -0.15) is 0 Å². The van der Waals surface area contributed by atoms with E-state index in [1.807, 2.05) is 36.7 Å². The summed E-state index contributed by atoms with van der Waals surface area (Å²) in [5.74, 6) is 1.83. The second-order valence-electron chi connectivity index (χ2n) is 10.6. The number of aryl methyl sites for hydroxylation is 1. The van der Waals surface area contributed by atoms with Crippen molar-refractivity contribution in [3.63, 3.8) is 0 Å². The molecule has 1 heterocycles. The number of ether oxygens (including phenoxy) is 1. The second kappa shape index (κ2) is 16.8. The summed E-state index contributed by atoms with van der Waals surface area (Å²) < 4.78 is 5.54. The zero-order chi connectivity index (χ0) is 27.0. The van der Waals surface area contributed by atoms with Crippen molar-refractivity contribution in [2.45, 2.75) is 104 Å². The van der Waals surface area contributed by atoms with Crippen molar-refractivity contribution >= 4 is 5.97 Å². The molecular formula is C34H46N2O2. The molecule has 1 unspecified atom stereocenters. The van der Waals surface area contributed by atoms with Crippen molar-refractivity contribution < 1.29 is 9.53 Å². The Hall–Kier alpha value is -3.01. The number of nitrogens with zero attached hydrogens (tertiary/aromatic N) is 2. The molecule has 0 saturated carbocycles. The monoisotopic (exact) mass is 514 g/mol. The minimum absolute atomic E-state index is 0.159. The number of esters is 1. The van der Waals surface area contributed by atoms with Gasteiger partial charge in [0.15, 0.2) is 5.82 Å². The maximum Gasteiger partial charge on any atom is 0.311 e. The first-order valence-corrected chi connectivity index (χ1v) is 14.8. The van der Waals surface area contributed by atoms with Gasteiger partial charge in [-0.05, 0) is 48.4 Å². The Kier molecular flexibility index (Phi) is 13.0. The van der Waals surface area contributed by atoms with Gasteiger partial charge in [0, 0.05) is 29.9 Å². The molecule has 0 aliphatic heterocycles. The largest absolute Gasteiger partial charge is 0.427 e. The van der Waals surface area contributed by atoms with E-state index in [9.17, 15) is 4.79 Å². The highest BCUT2D eigenvalue weighted by Crippen LogP contribution is 2.24. The average Bonchev–Trinajstić information content (AvgIpc) is 2.94.